The van der Waals surface area contributed by atoms with Gasteiger partial charge in [0.05, 0.1) is 12.2 Å². The lowest BCUT2D eigenvalue weighted by molar-refractivity contribution is -0.155. The topological polar surface area (TPSA) is 126 Å². The summed E-state index contributed by atoms with van der Waals surface area (Å²) in [6, 6.07) is 19.7. The van der Waals surface area contributed by atoms with Gasteiger partial charge >= 0.3 is 17.6 Å². The zero-order valence-corrected chi connectivity index (χ0v) is 25.4. The van der Waals surface area contributed by atoms with E-state index in [0.717, 1.165) is 25.7 Å². The average Bonchev–Trinajstić information content (AvgIpc) is 3.41. The molecule has 0 amide bonds. The van der Waals surface area contributed by atoms with Crippen LogP contribution in [0.25, 0.3) is 32.3 Å². The van der Waals surface area contributed by atoms with Gasteiger partial charge in [-0.25, -0.2) is 4.79 Å². The molecule has 1 aliphatic heterocycles. The number of nitrogens with one attached hydrogen (secondary N) is 1. The zero-order valence-electron chi connectivity index (χ0n) is 25.4. The van der Waals surface area contributed by atoms with Crippen LogP contribution in [-0.2, 0) is 41.6 Å². The highest BCUT2D eigenvalue weighted by Gasteiger charge is 2.39. The van der Waals surface area contributed by atoms with E-state index in [2.05, 4.69) is 59.6 Å². The molecule has 2 heterocycles. The highest BCUT2D eigenvalue weighted by Crippen LogP contribution is 2.36. The summed E-state index contributed by atoms with van der Waals surface area (Å²) in [5.41, 5.74) is 0.432. The van der Waals surface area contributed by atoms with E-state index in [4.69, 9.17) is 18.9 Å². The maximum atomic E-state index is 12.6. The molecule has 1 aromatic heterocycles. The highest BCUT2D eigenvalue weighted by atomic mass is 16.6. The van der Waals surface area contributed by atoms with E-state index in [0.29, 0.717) is 6.61 Å². The number of aromatic amines is 1. The number of rotatable bonds is 12. The largest absolute Gasteiger partial charge is 0.463 e. The molecule has 45 heavy (non-hydrogen) atoms. The van der Waals surface area contributed by atoms with Crippen LogP contribution in [-0.4, -0.2) is 46.9 Å². The first-order chi connectivity index (χ1) is 21.8. The molecule has 0 radical (unpaired) electrons. The Balaban J connectivity index is 1.03. The standard InChI is InChI=1S/C35H36N2O8/c1-21(38)43-20-30-29(44-22(2)39)17-31(45-30)37-18-27(34(40)36-35(37)41)19-42-16-5-3-4-7-23-10-11-26-13-12-24-8-6-9-25-14-15-28(23)33(26)32(24)25/h6,8-15,18,29-31H,3-5,7,16-17,19-20H2,1-2H3,(H,36,40,41)/t29-,30?,31?/m0/s1. The van der Waals surface area contributed by atoms with E-state index in [1.165, 1.54) is 62.5 Å². The van der Waals surface area contributed by atoms with Gasteiger partial charge in [0.15, 0.2) is 0 Å². The fourth-order valence-corrected chi connectivity index (χ4v) is 6.29. The number of nitrogens with zero attached hydrogens (tertiary/aromatic N) is 1. The third kappa shape index (κ3) is 6.62. The van der Waals surface area contributed by atoms with Crippen molar-refractivity contribution in [2.24, 2.45) is 0 Å². The van der Waals surface area contributed by atoms with Crippen molar-refractivity contribution in [3.8, 4) is 0 Å². The Morgan fingerprint density at radius 3 is 2.38 bits per heavy atom. The van der Waals surface area contributed by atoms with Gasteiger partial charge in [0.25, 0.3) is 5.56 Å². The van der Waals surface area contributed by atoms with Gasteiger partial charge in [0.1, 0.15) is 25.0 Å². The predicted octanol–water partition coefficient (Wildman–Crippen LogP) is 5.15. The van der Waals surface area contributed by atoms with Gasteiger partial charge in [-0.3, -0.25) is 23.9 Å². The van der Waals surface area contributed by atoms with Gasteiger partial charge in [-0.15, -0.1) is 0 Å². The van der Waals surface area contributed by atoms with Gasteiger partial charge < -0.3 is 18.9 Å². The number of benzene rings is 4. The lowest BCUT2D eigenvalue weighted by Crippen LogP contribution is -2.34. The molecule has 1 saturated heterocycles. The van der Waals surface area contributed by atoms with Crippen molar-refractivity contribution in [2.45, 2.75) is 71.0 Å². The number of carbonyl (C=O) groups excluding carboxylic acids is 2. The van der Waals surface area contributed by atoms with Crippen molar-refractivity contribution in [3.05, 3.63) is 92.8 Å². The molecule has 0 aliphatic carbocycles. The van der Waals surface area contributed by atoms with Crippen LogP contribution in [0.2, 0.25) is 0 Å². The van der Waals surface area contributed by atoms with Crippen LogP contribution in [0.3, 0.4) is 0 Å². The zero-order chi connectivity index (χ0) is 31.5. The molecule has 0 spiro atoms. The molecule has 6 rings (SSSR count). The van der Waals surface area contributed by atoms with Crippen molar-refractivity contribution < 1.29 is 28.5 Å². The molecule has 10 nitrogen and oxygen atoms in total. The Morgan fingerprint density at radius 1 is 0.889 bits per heavy atom. The van der Waals surface area contributed by atoms with Crippen molar-refractivity contribution in [2.75, 3.05) is 13.2 Å². The normalized spacial score (nSPS) is 18.2. The quantitative estimate of drug-likeness (QED) is 0.117. The SMILES string of the molecule is CC(=O)OCC1OC(n2cc(COCCCCCc3ccc4ccc5cccc6ccc3c4c56)c(=O)[nH]c2=O)C[C@@H]1OC(C)=O. The second-order valence-electron chi connectivity index (χ2n) is 11.6. The molecule has 10 heteroatoms. The molecule has 0 saturated carbocycles. The summed E-state index contributed by atoms with van der Waals surface area (Å²) in [7, 11) is 0. The number of esters is 2. The summed E-state index contributed by atoms with van der Waals surface area (Å²) in [6.45, 7) is 2.90. The summed E-state index contributed by atoms with van der Waals surface area (Å²) in [4.78, 5) is 50.3. The Kier molecular flexibility index (Phi) is 8.95. The fraction of sp³-hybridized carbons (Fsp3) is 0.371. The molecule has 5 aromatic rings. The second kappa shape index (κ2) is 13.2. The molecule has 2 unspecified atom stereocenters. The monoisotopic (exact) mass is 612 g/mol. The molecule has 0 bridgehead atoms. The number of H-pyrrole nitrogens is 1. The molecular formula is C35H36N2O8. The Morgan fingerprint density at radius 2 is 1.62 bits per heavy atom. The number of hydrogen-bond acceptors (Lipinski definition) is 8. The van der Waals surface area contributed by atoms with Crippen molar-refractivity contribution in [1.29, 1.82) is 0 Å². The first-order valence-corrected chi connectivity index (χ1v) is 15.3. The summed E-state index contributed by atoms with van der Waals surface area (Å²) >= 11 is 0. The number of unbranched alkanes of at least 4 members (excludes halogenated alkanes) is 2. The first kappa shape index (κ1) is 30.5. The summed E-state index contributed by atoms with van der Waals surface area (Å²) in [6.07, 6.45) is 3.06. The van der Waals surface area contributed by atoms with Crippen LogP contribution in [0.1, 0.15) is 56.9 Å². The first-order valence-electron chi connectivity index (χ1n) is 15.3. The van der Waals surface area contributed by atoms with E-state index in [-0.39, 0.29) is 25.2 Å². The molecule has 234 valence electrons. The predicted molar refractivity (Wildman–Crippen MR) is 169 cm³/mol. The Bertz CT molecular complexity index is 1950. The van der Waals surface area contributed by atoms with Crippen molar-refractivity contribution >= 4 is 44.3 Å². The van der Waals surface area contributed by atoms with Crippen LogP contribution in [0.4, 0.5) is 0 Å². The molecule has 1 fully saturated rings. The second-order valence-corrected chi connectivity index (χ2v) is 11.6. The minimum Gasteiger partial charge on any atom is -0.463 e. The van der Waals surface area contributed by atoms with E-state index in [1.807, 2.05) is 0 Å². The number of aryl methyl sites for hydroxylation is 1. The van der Waals surface area contributed by atoms with Crippen molar-refractivity contribution in [3.63, 3.8) is 0 Å². The van der Waals surface area contributed by atoms with Gasteiger partial charge in [-0.05, 0) is 57.1 Å². The lowest BCUT2D eigenvalue weighted by Gasteiger charge is -2.17. The van der Waals surface area contributed by atoms with Crippen LogP contribution >= 0.6 is 0 Å². The number of carbonyl (C=O) groups is 2. The fourth-order valence-electron chi connectivity index (χ4n) is 6.29. The Labute approximate surface area is 259 Å². The maximum Gasteiger partial charge on any atom is 0.330 e. The maximum absolute atomic E-state index is 12.6. The summed E-state index contributed by atoms with van der Waals surface area (Å²) < 4.78 is 23.3. The van der Waals surface area contributed by atoms with Gasteiger partial charge in [0, 0.05) is 33.1 Å². The number of aromatic nitrogens is 2. The molecule has 4 aromatic carbocycles. The third-order valence-corrected chi connectivity index (χ3v) is 8.41. The Hall–Kier alpha value is -4.54. The molecule has 3 atom stereocenters. The number of ether oxygens (including phenoxy) is 4. The van der Waals surface area contributed by atoms with Gasteiger partial charge in [-0.1, -0.05) is 61.0 Å². The average molecular weight is 613 g/mol. The van der Waals surface area contributed by atoms with E-state index >= 15 is 0 Å². The molecule has 1 N–H and O–H groups in total. The van der Waals surface area contributed by atoms with Crippen molar-refractivity contribution in [1.82, 2.24) is 9.55 Å². The molecule has 1 aliphatic rings. The summed E-state index contributed by atoms with van der Waals surface area (Å²) in [5.74, 6) is -1.02. The van der Waals surface area contributed by atoms with Crippen LogP contribution < -0.4 is 11.2 Å². The lowest BCUT2D eigenvalue weighted by atomic mass is 9.90. The van der Waals surface area contributed by atoms with Crippen LogP contribution in [0.5, 0.6) is 0 Å². The third-order valence-electron chi connectivity index (χ3n) is 8.41. The smallest absolute Gasteiger partial charge is 0.330 e. The van der Waals surface area contributed by atoms with Crippen LogP contribution in [0.15, 0.2) is 70.4 Å². The van der Waals surface area contributed by atoms with E-state index < -0.39 is 41.6 Å². The van der Waals surface area contributed by atoms with Crippen LogP contribution in [0, 0.1) is 0 Å². The minimum atomic E-state index is -0.822. The summed E-state index contributed by atoms with van der Waals surface area (Å²) in [5, 5.41) is 7.76. The van der Waals surface area contributed by atoms with E-state index in [9.17, 15) is 19.2 Å². The van der Waals surface area contributed by atoms with Gasteiger partial charge in [0.2, 0.25) is 0 Å². The van der Waals surface area contributed by atoms with Gasteiger partial charge in [-0.2, -0.15) is 0 Å². The van der Waals surface area contributed by atoms with E-state index in [1.54, 1.807) is 0 Å². The molecular weight excluding hydrogens is 576 g/mol. The highest BCUT2D eigenvalue weighted by molar-refractivity contribution is 6.23. The number of hydrogen-bond donors (Lipinski definition) is 1. The minimum absolute atomic E-state index is 0.0294.